The van der Waals surface area contributed by atoms with Crippen LogP contribution in [0.1, 0.15) is 49.2 Å². The SMILES string of the molecule is Cc1c(C(N)Cc2ccc(C(C)(C)C)cc2)cnn1C. The average Bonchev–Trinajstić information content (AvgIpc) is 2.69. The van der Waals surface area contributed by atoms with Crippen molar-refractivity contribution in [2.75, 3.05) is 0 Å². The fraction of sp³-hybridized carbons (Fsp3) is 0.471. The van der Waals surface area contributed by atoms with Crippen molar-refractivity contribution in [2.45, 2.75) is 45.6 Å². The summed E-state index contributed by atoms with van der Waals surface area (Å²) in [4.78, 5) is 0. The van der Waals surface area contributed by atoms with Crippen LogP contribution in [0.15, 0.2) is 30.5 Å². The third kappa shape index (κ3) is 3.10. The maximum absolute atomic E-state index is 6.31. The number of hydrogen-bond acceptors (Lipinski definition) is 2. The molecule has 20 heavy (non-hydrogen) atoms. The Morgan fingerprint density at radius 2 is 1.80 bits per heavy atom. The van der Waals surface area contributed by atoms with E-state index in [1.54, 1.807) is 0 Å². The lowest BCUT2D eigenvalue weighted by atomic mass is 9.86. The van der Waals surface area contributed by atoms with E-state index in [4.69, 9.17) is 5.73 Å². The third-order valence-electron chi connectivity index (χ3n) is 3.95. The number of hydrogen-bond donors (Lipinski definition) is 1. The average molecular weight is 271 g/mol. The number of rotatable bonds is 3. The van der Waals surface area contributed by atoms with Crippen LogP contribution in [0, 0.1) is 6.92 Å². The number of aromatic nitrogens is 2. The largest absolute Gasteiger partial charge is 0.324 e. The van der Waals surface area contributed by atoms with E-state index >= 15 is 0 Å². The molecule has 0 saturated heterocycles. The van der Waals surface area contributed by atoms with Gasteiger partial charge in [-0.3, -0.25) is 4.68 Å². The summed E-state index contributed by atoms with van der Waals surface area (Å²) in [7, 11) is 1.95. The summed E-state index contributed by atoms with van der Waals surface area (Å²) in [6.07, 6.45) is 2.72. The minimum Gasteiger partial charge on any atom is -0.324 e. The molecular formula is C17H25N3. The lowest BCUT2D eigenvalue weighted by Crippen LogP contribution is -2.15. The van der Waals surface area contributed by atoms with Crippen molar-refractivity contribution < 1.29 is 0 Å². The summed E-state index contributed by atoms with van der Waals surface area (Å²) in [5.74, 6) is 0. The Hall–Kier alpha value is -1.61. The second kappa shape index (κ2) is 5.41. The van der Waals surface area contributed by atoms with Crippen LogP contribution in [-0.4, -0.2) is 9.78 Å². The normalized spacial score (nSPS) is 13.5. The molecular weight excluding hydrogens is 246 g/mol. The highest BCUT2D eigenvalue weighted by Gasteiger charge is 2.15. The van der Waals surface area contributed by atoms with E-state index < -0.39 is 0 Å². The molecule has 0 saturated carbocycles. The zero-order valence-electron chi connectivity index (χ0n) is 13.1. The van der Waals surface area contributed by atoms with Crippen LogP contribution >= 0.6 is 0 Å². The fourth-order valence-corrected chi connectivity index (χ4v) is 2.38. The van der Waals surface area contributed by atoms with Gasteiger partial charge in [-0.25, -0.2) is 0 Å². The Labute approximate surface area is 121 Å². The van der Waals surface area contributed by atoms with Gasteiger partial charge in [-0.1, -0.05) is 45.0 Å². The predicted molar refractivity (Wildman–Crippen MR) is 83.7 cm³/mol. The lowest BCUT2D eigenvalue weighted by Gasteiger charge is -2.19. The molecule has 0 radical (unpaired) electrons. The zero-order chi connectivity index (χ0) is 14.9. The molecule has 0 aliphatic rings. The van der Waals surface area contributed by atoms with Crippen molar-refractivity contribution in [2.24, 2.45) is 12.8 Å². The van der Waals surface area contributed by atoms with Gasteiger partial charge in [-0.15, -0.1) is 0 Å². The summed E-state index contributed by atoms with van der Waals surface area (Å²) in [5, 5.41) is 4.26. The summed E-state index contributed by atoms with van der Waals surface area (Å²) < 4.78 is 1.87. The molecule has 0 aliphatic carbocycles. The third-order valence-corrected chi connectivity index (χ3v) is 3.95. The van der Waals surface area contributed by atoms with Crippen LogP contribution in [-0.2, 0) is 18.9 Å². The molecule has 1 aromatic heterocycles. The smallest absolute Gasteiger partial charge is 0.0540 e. The van der Waals surface area contributed by atoms with Crippen molar-refractivity contribution >= 4 is 0 Å². The summed E-state index contributed by atoms with van der Waals surface area (Å²) in [5.41, 5.74) is 11.4. The number of benzene rings is 1. The molecule has 3 nitrogen and oxygen atoms in total. The fourth-order valence-electron chi connectivity index (χ4n) is 2.38. The van der Waals surface area contributed by atoms with Crippen molar-refractivity contribution in [1.82, 2.24) is 9.78 Å². The molecule has 1 aromatic carbocycles. The highest BCUT2D eigenvalue weighted by atomic mass is 15.3. The maximum atomic E-state index is 6.31. The number of nitrogens with zero attached hydrogens (tertiary/aromatic N) is 2. The van der Waals surface area contributed by atoms with E-state index in [0.717, 1.165) is 17.7 Å². The van der Waals surface area contributed by atoms with Crippen molar-refractivity contribution in [3.8, 4) is 0 Å². The quantitative estimate of drug-likeness (QED) is 0.931. The Kier molecular flexibility index (Phi) is 4.00. The summed E-state index contributed by atoms with van der Waals surface area (Å²) >= 11 is 0. The topological polar surface area (TPSA) is 43.8 Å². The zero-order valence-corrected chi connectivity index (χ0v) is 13.1. The molecule has 108 valence electrons. The molecule has 2 rings (SSSR count). The van der Waals surface area contributed by atoms with Crippen molar-refractivity contribution in [3.05, 3.63) is 52.8 Å². The van der Waals surface area contributed by atoms with Gasteiger partial charge in [-0.05, 0) is 29.9 Å². The number of nitrogens with two attached hydrogens (primary N) is 1. The Bertz CT molecular complexity index is 573. The summed E-state index contributed by atoms with van der Waals surface area (Å²) in [6, 6.07) is 8.79. The molecule has 0 spiro atoms. The van der Waals surface area contributed by atoms with Crippen molar-refractivity contribution in [1.29, 1.82) is 0 Å². The van der Waals surface area contributed by atoms with Gasteiger partial charge in [0.25, 0.3) is 0 Å². The first-order valence-corrected chi connectivity index (χ1v) is 7.12. The van der Waals surface area contributed by atoms with Crippen molar-refractivity contribution in [3.63, 3.8) is 0 Å². The molecule has 1 heterocycles. The highest BCUT2D eigenvalue weighted by molar-refractivity contribution is 5.29. The van der Waals surface area contributed by atoms with E-state index in [-0.39, 0.29) is 11.5 Å². The van der Waals surface area contributed by atoms with Crippen LogP contribution < -0.4 is 5.73 Å². The van der Waals surface area contributed by atoms with Gasteiger partial charge in [0.2, 0.25) is 0 Å². The van der Waals surface area contributed by atoms with Crippen LogP contribution in [0.2, 0.25) is 0 Å². The minimum absolute atomic E-state index is 0.00388. The minimum atomic E-state index is 0.00388. The molecule has 0 bridgehead atoms. The molecule has 1 unspecified atom stereocenters. The van der Waals surface area contributed by atoms with E-state index in [0.29, 0.717) is 0 Å². The molecule has 2 N–H and O–H groups in total. The van der Waals surface area contributed by atoms with Gasteiger partial charge < -0.3 is 5.73 Å². The number of aryl methyl sites for hydroxylation is 1. The first-order valence-electron chi connectivity index (χ1n) is 7.12. The first kappa shape index (κ1) is 14.8. The van der Waals surface area contributed by atoms with E-state index in [1.807, 2.05) is 17.9 Å². The molecule has 1 atom stereocenters. The Morgan fingerprint density at radius 1 is 1.20 bits per heavy atom. The van der Waals surface area contributed by atoms with E-state index in [2.05, 4.69) is 57.1 Å². The van der Waals surface area contributed by atoms with Crippen LogP contribution in [0.5, 0.6) is 0 Å². The molecule has 0 amide bonds. The van der Waals surface area contributed by atoms with Gasteiger partial charge in [-0.2, -0.15) is 5.10 Å². The molecule has 2 aromatic rings. The second-order valence-corrected chi connectivity index (χ2v) is 6.57. The first-order chi connectivity index (χ1) is 9.29. The molecule has 0 fully saturated rings. The van der Waals surface area contributed by atoms with Gasteiger partial charge >= 0.3 is 0 Å². The lowest BCUT2D eigenvalue weighted by molar-refractivity contribution is 0.589. The Balaban J connectivity index is 2.12. The summed E-state index contributed by atoms with van der Waals surface area (Å²) in [6.45, 7) is 8.75. The van der Waals surface area contributed by atoms with Gasteiger partial charge in [0.05, 0.1) is 6.20 Å². The van der Waals surface area contributed by atoms with Gasteiger partial charge in [0.15, 0.2) is 0 Å². The standard InChI is InChI=1S/C17H25N3/c1-12-15(11-19-20(12)5)16(18)10-13-6-8-14(9-7-13)17(2,3)4/h6-9,11,16H,10,18H2,1-5H3. The second-order valence-electron chi connectivity index (χ2n) is 6.57. The van der Waals surface area contributed by atoms with Gasteiger partial charge in [0, 0.05) is 24.3 Å². The van der Waals surface area contributed by atoms with Crippen LogP contribution in [0.4, 0.5) is 0 Å². The predicted octanol–water partition coefficient (Wildman–Crippen LogP) is 3.27. The monoisotopic (exact) mass is 271 g/mol. The maximum Gasteiger partial charge on any atom is 0.0540 e. The highest BCUT2D eigenvalue weighted by Crippen LogP contribution is 2.24. The molecule has 3 heteroatoms. The van der Waals surface area contributed by atoms with E-state index in [1.165, 1.54) is 11.1 Å². The van der Waals surface area contributed by atoms with Crippen LogP contribution in [0.3, 0.4) is 0 Å². The van der Waals surface area contributed by atoms with E-state index in [9.17, 15) is 0 Å². The van der Waals surface area contributed by atoms with Gasteiger partial charge in [0.1, 0.15) is 0 Å². The van der Waals surface area contributed by atoms with Crippen LogP contribution in [0.25, 0.3) is 0 Å². The Morgan fingerprint density at radius 3 is 2.25 bits per heavy atom. The molecule has 0 aliphatic heterocycles.